The highest BCUT2D eigenvalue weighted by Crippen LogP contribution is 2.30. The molecule has 0 bridgehead atoms. The maximum absolute atomic E-state index is 12.9. The van der Waals surface area contributed by atoms with Crippen molar-refractivity contribution in [3.8, 4) is 0 Å². The molecule has 3 aliphatic rings. The molecule has 5 heteroatoms. The van der Waals surface area contributed by atoms with Crippen molar-refractivity contribution >= 4 is 22.7 Å². The van der Waals surface area contributed by atoms with Gasteiger partial charge in [0.1, 0.15) is 0 Å². The number of likely N-dealkylation sites (tertiary alicyclic amines) is 1. The maximum atomic E-state index is 12.9. The lowest BCUT2D eigenvalue weighted by Crippen LogP contribution is -2.48. The average Bonchev–Trinajstić information content (AvgIpc) is 3.17. The molecule has 0 spiro atoms. The number of H-pyrrole nitrogens is 1. The molecule has 160 valence electrons. The zero-order valence-electron chi connectivity index (χ0n) is 17.8. The summed E-state index contributed by atoms with van der Waals surface area (Å²) in [6, 6.07) is 6.20. The van der Waals surface area contributed by atoms with Crippen LogP contribution in [0.4, 0.5) is 0 Å². The number of aromatic amines is 1. The largest absolute Gasteiger partial charge is 0.358 e. The van der Waals surface area contributed by atoms with Crippen LogP contribution in [0.15, 0.2) is 18.2 Å². The van der Waals surface area contributed by atoms with Gasteiger partial charge in [-0.3, -0.25) is 9.59 Å². The van der Waals surface area contributed by atoms with Crippen molar-refractivity contribution in [2.45, 2.75) is 76.7 Å². The summed E-state index contributed by atoms with van der Waals surface area (Å²) in [4.78, 5) is 31.2. The molecule has 1 aromatic heterocycles. The number of benzene rings is 1. The SMILES string of the molecule is O=C(NC1CCN(C(=O)C2CCCCC2)CC1)c1ccc2[nH]c3c(c2c1)CCCC3. The molecule has 1 aliphatic heterocycles. The first-order valence-corrected chi connectivity index (χ1v) is 11.9. The van der Waals surface area contributed by atoms with Crippen molar-refractivity contribution < 1.29 is 9.59 Å². The van der Waals surface area contributed by atoms with Gasteiger partial charge in [-0.15, -0.1) is 0 Å². The molecule has 2 amide bonds. The average molecular weight is 408 g/mol. The van der Waals surface area contributed by atoms with Crippen LogP contribution in [-0.4, -0.2) is 40.8 Å². The monoisotopic (exact) mass is 407 g/mol. The molecule has 2 aliphatic carbocycles. The Morgan fingerprint density at radius 1 is 0.933 bits per heavy atom. The third kappa shape index (κ3) is 3.86. The van der Waals surface area contributed by atoms with E-state index in [4.69, 9.17) is 0 Å². The fourth-order valence-electron chi connectivity index (χ4n) is 5.67. The van der Waals surface area contributed by atoms with E-state index in [9.17, 15) is 9.59 Å². The van der Waals surface area contributed by atoms with Crippen LogP contribution in [-0.2, 0) is 17.6 Å². The quantitative estimate of drug-likeness (QED) is 0.794. The number of aryl methyl sites for hydroxylation is 2. The molecule has 0 unspecified atom stereocenters. The molecule has 5 rings (SSSR count). The van der Waals surface area contributed by atoms with Gasteiger partial charge in [-0.1, -0.05) is 19.3 Å². The summed E-state index contributed by atoms with van der Waals surface area (Å²) in [7, 11) is 0. The first-order chi connectivity index (χ1) is 14.7. The summed E-state index contributed by atoms with van der Waals surface area (Å²) in [6.07, 6.45) is 12.2. The van der Waals surface area contributed by atoms with Crippen LogP contribution in [0.2, 0.25) is 0 Å². The van der Waals surface area contributed by atoms with Gasteiger partial charge >= 0.3 is 0 Å². The molecule has 0 radical (unpaired) electrons. The van der Waals surface area contributed by atoms with E-state index in [0.29, 0.717) is 5.91 Å². The molecule has 1 aromatic carbocycles. The lowest BCUT2D eigenvalue weighted by molar-refractivity contribution is -0.137. The van der Waals surface area contributed by atoms with Gasteiger partial charge in [-0.25, -0.2) is 0 Å². The topological polar surface area (TPSA) is 65.2 Å². The summed E-state index contributed by atoms with van der Waals surface area (Å²) >= 11 is 0. The molecule has 5 nitrogen and oxygen atoms in total. The number of nitrogens with zero attached hydrogens (tertiary/aromatic N) is 1. The number of rotatable bonds is 3. The second-order valence-electron chi connectivity index (χ2n) is 9.46. The number of amides is 2. The Labute approximate surface area is 178 Å². The molecule has 1 saturated heterocycles. The van der Waals surface area contributed by atoms with E-state index >= 15 is 0 Å². The van der Waals surface area contributed by atoms with E-state index in [1.54, 1.807) is 0 Å². The number of fused-ring (bicyclic) bond motifs is 3. The Hall–Kier alpha value is -2.30. The molecule has 2 N–H and O–H groups in total. The van der Waals surface area contributed by atoms with Crippen molar-refractivity contribution in [2.75, 3.05) is 13.1 Å². The van der Waals surface area contributed by atoms with Gasteiger partial charge in [0.2, 0.25) is 5.91 Å². The summed E-state index contributed by atoms with van der Waals surface area (Å²) < 4.78 is 0. The molecule has 2 aromatic rings. The fraction of sp³-hybridized carbons (Fsp3) is 0.600. The van der Waals surface area contributed by atoms with Crippen molar-refractivity contribution in [2.24, 2.45) is 5.92 Å². The van der Waals surface area contributed by atoms with Crippen LogP contribution >= 0.6 is 0 Å². The molecule has 2 heterocycles. The van der Waals surface area contributed by atoms with E-state index in [-0.39, 0.29) is 17.9 Å². The van der Waals surface area contributed by atoms with E-state index < -0.39 is 0 Å². The van der Waals surface area contributed by atoms with Crippen LogP contribution in [0.25, 0.3) is 10.9 Å². The van der Waals surface area contributed by atoms with Crippen molar-refractivity contribution in [1.29, 1.82) is 0 Å². The van der Waals surface area contributed by atoms with Gasteiger partial charge in [0, 0.05) is 47.2 Å². The number of piperidine rings is 1. The van der Waals surface area contributed by atoms with Gasteiger partial charge in [0.25, 0.3) is 5.91 Å². The van der Waals surface area contributed by atoms with E-state index in [1.807, 2.05) is 17.0 Å². The molecule has 0 atom stereocenters. The van der Waals surface area contributed by atoms with Crippen molar-refractivity contribution in [1.82, 2.24) is 15.2 Å². The Balaban J connectivity index is 1.19. The molecule has 30 heavy (non-hydrogen) atoms. The second-order valence-corrected chi connectivity index (χ2v) is 9.46. The Morgan fingerprint density at radius 3 is 2.50 bits per heavy atom. The zero-order valence-corrected chi connectivity index (χ0v) is 17.8. The minimum atomic E-state index is 0.0136. The summed E-state index contributed by atoms with van der Waals surface area (Å²) in [5, 5.41) is 4.44. The summed E-state index contributed by atoms with van der Waals surface area (Å²) in [5.74, 6) is 0.603. The summed E-state index contributed by atoms with van der Waals surface area (Å²) in [6.45, 7) is 1.54. The Morgan fingerprint density at radius 2 is 1.70 bits per heavy atom. The first kappa shape index (κ1) is 19.7. The smallest absolute Gasteiger partial charge is 0.251 e. The Kier molecular flexibility index (Phi) is 5.53. The lowest BCUT2D eigenvalue weighted by atomic mass is 9.87. The highest BCUT2D eigenvalue weighted by atomic mass is 16.2. The van der Waals surface area contributed by atoms with Gasteiger partial charge < -0.3 is 15.2 Å². The molecular weight excluding hydrogens is 374 g/mol. The van der Waals surface area contributed by atoms with Crippen LogP contribution in [0.3, 0.4) is 0 Å². The number of hydrogen-bond donors (Lipinski definition) is 2. The molecular formula is C25H33N3O2. The first-order valence-electron chi connectivity index (χ1n) is 11.9. The van der Waals surface area contributed by atoms with Crippen LogP contribution < -0.4 is 5.32 Å². The minimum absolute atomic E-state index is 0.0136. The lowest BCUT2D eigenvalue weighted by Gasteiger charge is -2.35. The summed E-state index contributed by atoms with van der Waals surface area (Å²) in [5.41, 5.74) is 4.65. The highest BCUT2D eigenvalue weighted by Gasteiger charge is 2.29. The van der Waals surface area contributed by atoms with Gasteiger partial charge in [-0.05, 0) is 75.1 Å². The minimum Gasteiger partial charge on any atom is -0.358 e. The van der Waals surface area contributed by atoms with E-state index in [1.165, 1.54) is 48.7 Å². The number of aromatic nitrogens is 1. The van der Waals surface area contributed by atoms with E-state index in [2.05, 4.69) is 16.4 Å². The zero-order chi connectivity index (χ0) is 20.5. The van der Waals surface area contributed by atoms with Gasteiger partial charge in [0.15, 0.2) is 0 Å². The molecule has 1 saturated carbocycles. The maximum Gasteiger partial charge on any atom is 0.251 e. The van der Waals surface area contributed by atoms with Crippen molar-refractivity contribution in [3.63, 3.8) is 0 Å². The number of hydrogen-bond acceptors (Lipinski definition) is 2. The highest BCUT2D eigenvalue weighted by molar-refractivity contribution is 5.99. The predicted octanol–water partition coefficient (Wildman–Crippen LogP) is 4.35. The predicted molar refractivity (Wildman–Crippen MR) is 119 cm³/mol. The van der Waals surface area contributed by atoms with Crippen LogP contribution in [0.5, 0.6) is 0 Å². The third-order valence-electron chi connectivity index (χ3n) is 7.46. The number of nitrogens with one attached hydrogen (secondary N) is 2. The Bertz CT molecular complexity index is 933. The third-order valence-corrected chi connectivity index (χ3v) is 7.46. The van der Waals surface area contributed by atoms with Crippen molar-refractivity contribution in [3.05, 3.63) is 35.0 Å². The van der Waals surface area contributed by atoms with Crippen LogP contribution in [0, 0.1) is 5.92 Å². The number of carbonyl (C=O) groups is 2. The standard InChI is InChI=1S/C25H33N3O2/c29-24(18-10-11-23-21(16-18)20-8-4-5-9-22(20)27-23)26-19-12-14-28(15-13-19)25(30)17-6-2-1-3-7-17/h10-11,16-17,19,27H,1-9,12-15H2,(H,26,29). The fourth-order valence-corrected chi connectivity index (χ4v) is 5.67. The van der Waals surface area contributed by atoms with Gasteiger partial charge in [0.05, 0.1) is 0 Å². The molecule has 2 fully saturated rings. The second kappa shape index (κ2) is 8.44. The normalized spacial score (nSPS) is 20.9. The van der Waals surface area contributed by atoms with E-state index in [0.717, 1.165) is 62.7 Å². The van der Waals surface area contributed by atoms with Gasteiger partial charge in [-0.2, -0.15) is 0 Å². The van der Waals surface area contributed by atoms with Crippen LogP contribution in [0.1, 0.15) is 79.4 Å². The number of carbonyl (C=O) groups excluding carboxylic acids is 2.